The van der Waals surface area contributed by atoms with Crippen LogP contribution in [0.1, 0.15) is 43.6 Å². The monoisotopic (exact) mass is 804 g/mol. The molecule has 4 N–H and O–H groups in total. The summed E-state index contributed by atoms with van der Waals surface area (Å²) < 4.78 is 10.2. The summed E-state index contributed by atoms with van der Waals surface area (Å²) >= 11 is 3.19. The molecule has 0 fully saturated rings. The van der Waals surface area contributed by atoms with E-state index in [-0.39, 0.29) is 23.2 Å². The van der Waals surface area contributed by atoms with E-state index in [1.807, 2.05) is 109 Å². The van der Waals surface area contributed by atoms with Crippen LogP contribution in [0.5, 0.6) is 0 Å². The number of likely N-dealkylation sites (N-methyl/N-ethyl adjacent to an activating group) is 2. The number of thioether (sulfide) groups is 2. The second kappa shape index (κ2) is 19.1. The highest BCUT2D eigenvalue weighted by Gasteiger charge is 2.31. The molecule has 0 radical (unpaired) electrons. The highest BCUT2D eigenvalue weighted by Crippen LogP contribution is 2.34. The average molecular weight is 805 g/mol. The number of carboxylic acids is 1. The molecule has 15 heteroatoms. The predicted molar refractivity (Wildman–Crippen MR) is 219 cm³/mol. The number of benzene rings is 4. The molecule has 4 heterocycles. The smallest absolute Gasteiger partial charge is 0.358 e. The van der Waals surface area contributed by atoms with Crippen molar-refractivity contribution in [2.45, 2.75) is 34.7 Å². The zero-order chi connectivity index (χ0) is 40.3. The summed E-state index contributed by atoms with van der Waals surface area (Å²) in [7, 11) is 3.49. The Bertz CT molecular complexity index is 2320. The summed E-state index contributed by atoms with van der Waals surface area (Å²) in [6, 6.07) is 37.1. The first-order valence-corrected chi connectivity index (χ1v) is 19.8. The predicted octanol–water partition coefficient (Wildman–Crippen LogP) is 6.18. The van der Waals surface area contributed by atoms with E-state index < -0.39 is 24.0 Å². The maximum atomic E-state index is 12.8. The Kier molecular flexibility index (Phi) is 13.6. The van der Waals surface area contributed by atoms with Crippen LogP contribution in [-0.4, -0.2) is 76.8 Å². The summed E-state index contributed by atoms with van der Waals surface area (Å²) in [4.78, 5) is 53.0. The normalized spacial score (nSPS) is 16.1. The van der Waals surface area contributed by atoms with Crippen LogP contribution in [0, 0.1) is 0 Å². The van der Waals surface area contributed by atoms with E-state index in [4.69, 9.17) is 19.9 Å². The van der Waals surface area contributed by atoms with Crippen LogP contribution in [-0.2, 0) is 22.4 Å². The third-order valence-electron chi connectivity index (χ3n) is 8.87. The number of amides is 3. The zero-order valence-electron chi connectivity index (χ0n) is 31.1. The van der Waals surface area contributed by atoms with Crippen LogP contribution in [0.2, 0.25) is 0 Å². The van der Waals surface area contributed by atoms with Crippen molar-refractivity contribution in [3.8, 4) is 0 Å². The van der Waals surface area contributed by atoms with Gasteiger partial charge in [-0.1, -0.05) is 95.2 Å². The number of aromatic nitrogens is 2. The molecule has 2 aliphatic rings. The van der Waals surface area contributed by atoms with Crippen molar-refractivity contribution in [2.75, 3.05) is 35.4 Å². The van der Waals surface area contributed by atoms with Crippen LogP contribution in [0.3, 0.4) is 0 Å². The Morgan fingerprint density at radius 2 is 1.16 bits per heavy atom. The van der Waals surface area contributed by atoms with E-state index in [2.05, 4.69) is 15.6 Å². The molecule has 0 spiro atoms. The minimum absolute atomic E-state index is 0.0116. The number of hydrogen-bond acceptors (Lipinski definition) is 11. The topological polar surface area (TPSA) is 185 Å². The minimum atomic E-state index is -1.07. The summed E-state index contributed by atoms with van der Waals surface area (Å²) in [5.41, 5.74) is 9.79. The first-order valence-electron chi connectivity index (χ1n) is 17.8. The van der Waals surface area contributed by atoms with Crippen molar-refractivity contribution >= 4 is 58.6 Å². The number of para-hydroxylation sites is 2. The van der Waals surface area contributed by atoms with Gasteiger partial charge in [0.2, 0.25) is 11.8 Å². The average Bonchev–Trinajstić information content (AvgIpc) is 3.87. The van der Waals surface area contributed by atoms with Gasteiger partial charge in [0.1, 0.15) is 17.6 Å². The molecule has 0 bridgehead atoms. The van der Waals surface area contributed by atoms with Gasteiger partial charge < -0.3 is 35.0 Å². The molecule has 292 valence electrons. The number of nitrogens with two attached hydrogens (primary N) is 1. The molecule has 4 aromatic carbocycles. The quantitative estimate of drug-likeness (QED) is 0.167. The van der Waals surface area contributed by atoms with Gasteiger partial charge in [0.15, 0.2) is 11.4 Å². The van der Waals surface area contributed by atoms with Gasteiger partial charge in [-0.25, -0.2) is 4.79 Å². The fourth-order valence-electron chi connectivity index (χ4n) is 5.86. The molecule has 8 rings (SSSR count). The lowest BCUT2D eigenvalue weighted by atomic mass is 10.1. The molecular weight excluding hydrogens is 765 g/mol. The van der Waals surface area contributed by atoms with Gasteiger partial charge in [0, 0.05) is 60.4 Å². The number of fused-ring (bicyclic) bond motifs is 2. The molecule has 0 saturated carbocycles. The van der Waals surface area contributed by atoms with Crippen LogP contribution in [0.25, 0.3) is 0 Å². The van der Waals surface area contributed by atoms with Gasteiger partial charge in [-0.3, -0.25) is 14.4 Å². The number of carboxylic acid groups (broad SMARTS) is 1. The number of carbonyl (C=O) groups excluding carboxylic acids is 3. The Balaban J connectivity index is 0.000000159. The maximum Gasteiger partial charge on any atom is 0.358 e. The van der Waals surface area contributed by atoms with Gasteiger partial charge in [0.25, 0.3) is 5.91 Å². The zero-order valence-corrected chi connectivity index (χ0v) is 32.7. The lowest BCUT2D eigenvalue weighted by Crippen LogP contribution is -2.48. The summed E-state index contributed by atoms with van der Waals surface area (Å²) in [5.74, 6) is 0.614. The van der Waals surface area contributed by atoms with Crippen molar-refractivity contribution in [3.05, 3.63) is 155 Å². The third kappa shape index (κ3) is 10.6. The largest absolute Gasteiger partial charge is 0.476 e. The van der Waals surface area contributed by atoms with Crippen molar-refractivity contribution in [2.24, 2.45) is 5.73 Å². The first-order chi connectivity index (χ1) is 27.6. The van der Waals surface area contributed by atoms with E-state index in [1.165, 1.54) is 6.07 Å². The summed E-state index contributed by atoms with van der Waals surface area (Å²) in [5, 5.41) is 18.7. The highest BCUT2D eigenvalue weighted by atomic mass is 32.2. The second-order valence-corrected chi connectivity index (χ2v) is 15.1. The van der Waals surface area contributed by atoms with Gasteiger partial charge in [0.05, 0.1) is 17.4 Å². The SMILES string of the molecule is CN1C(=O)[C@@H](N)CSc2ccccc21.CN1C(=O)[C@@H](NC(=O)c2cc(Cc3ccccc3)on2)CSc2ccccc21.O=C(O)c1cc(Cc2ccccc2)on1. The fourth-order valence-corrected chi connectivity index (χ4v) is 7.99. The van der Waals surface area contributed by atoms with E-state index in [9.17, 15) is 19.2 Å². The Hall–Kier alpha value is -6.16. The third-order valence-corrected chi connectivity index (χ3v) is 11.2. The van der Waals surface area contributed by atoms with Crippen LogP contribution >= 0.6 is 23.5 Å². The van der Waals surface area contributed by atoms with E-state index in [1.54, 1.807) is 53.5 Å². The lowest BCUT2D eigenvalue weighted by molar-refractivity contribution is -0.120. The van der Waals surface area contributed by atoms with Crippen LogP contribution in [0.15, 0.2) is 140 Å². The van der Waals surface area contributed by atoms with E-state index in [0.29, 0.717) is 35.9 Å². The molecule has 57 heavy (non-hydrogen) atoms. The van der Waals surface area contributed by atoms with Gasteiger partial charge in [-0.15, -0.1) is 23.5 Å². The van der Waals surface area contributed by atoms with Crippen molar-refractivity contribution < 1.29 is 33.3 Å². The molecule has 0 unspecified atom stereocenters. The van der Waals surface area contributed by atoms with E-state index >= 15 is 0 Å². The fraction of sp³-hybridized carbons (Fsp3) is 0.190. The number of rotatable bonds is 7. The number of aromatic carboxylic acids is 1. The minimum Gasteiger partial charge on any atom is -0.476 e. The second-order valence-electron chi connectivity index (χ2n) is 13.0. The standard InChI is InChI=1S/C21H19N3O3S.C11H9NO3.C10H12N2OS/c1-24-18-9-5-6-10-19(18)28-13-17(21(24)26)22-20(25)16-12-15(27-23-16)11-14-7-3-2-4-8-14;13-11(14)10-7-9(15-12-10)6-8-4-2-1-3-5-8;1-12-8-4-2-3-5-9(8)14-6-7(11)10(12)13/h2-10,12,17H,11,13H2,1H3,(H,22,25);1-5,7H,6H2,(H,13,14);2-5,7H,6,11H2,1H3/t17-;;7-/m0.0/s1. The number of anilines is 2. The molecule has 6 aromatic rings. The summed E-state index contributed by atoms with van der Waals surface area (Å²) in [6.07, 6.45) is 1.11. The van der Waals surface area contributed by atoms with Crippen molar-refractivity contribution in [1.29, 1.82) is 0 Å². The van der Waals surface area contributed by atoms with Crippen molar-refractivity contribution in [3.63, 3.8) is 0 Å². The Morgan fingerprint density at radius 3 is 1.68 bits per heavy atom. The Labute approximate surface area is 337 Å². The molecule has 2 atom stereocenters. The molecule has 0 aliphatic carbocycles. The molecule has 2 aliphatic heterocycles. The number of nitrogens with one attached hydrogen (secondary N) is 1. The van der Waals surface area contributed by atoms with Crippen LogP contribution in [0.4, 0.5) is 11.4 Å². The van der Waals surface area contributed by atoms with Gasteiger partial charge >= 0.3 is 5.97 Å². The van der Waals surface area contributed by atoms with E-state index in [0.717, 1.165) is 32.3 Å². The molecular formula is C42H40N6O7S2. The summed E-state index contributed by atoms with van der Waals surface area (Å²) in [6.45, 7) is 0. The first kappa shape index (κ1) is 40.5. The lowest BCUT2D eigenvalue weighted by Gasteiger charge is -2.21. The molecule has 2 aromatic heterocycles. The number of nitrogens with zero attached hydrogens (tertiary/aromatic N) is 4. The number of hydrogen-bond donors (Lipinski definition) is 3. The maximum absolute atomic E-state index is 12.8. The van der Waals surface area contributed by atoms with Gasteiger partial charge in [-0.2, -0.15) is 0 Å². The van der Waals surface area contributed by atoms with Gasteiger partial charge in [-0.05, 0) is 35.4 Å². The molecule has 3 amide bonds. The number of carbonyl (C=O) groups is 4. The van der Waals surface area contributed by atoms with Crippen LogP contribution < -0.4 is 20.9 Å². The molecule has 0 saturated heterocycles. The highest BCUT2D eigenvalue weighted by molar-refractivity contribution is 7.99. The molecule has 13 nitrogen and oxygen atoms in total. The Morgan fingerprint density at radius 1 is 0.702 bits per heavy atom. The van der Waals surface area contributed by atoms with Crippen molar-refractivity contribution in [1.82, 2.24) is 15.6 Å².